The monoisotopic (exact) mass is 322 g/mol. The first-order valence-electron chi connectivity index (χ1n) is 8.79. The summed E-state index contributed by atoms with van der Waals surface area (Å²) in [5, 5.41) is 9.95. The van der Waals surface area contributed by atoms with Gasteiger partial charge in [0.15, 0.2) is 6.61 Å². The van der Waals surface area contributed by atoms with E-state index < -0.39 is 18.0 Å². The van der Waals surface area contributed by atoms with E-state index in [4.69, 9.17) is 9.47 Å². The lowest BCUT2D eigenvalue weighted by Gasteiger charge is -2.35. The number of aliphatic hydroxyl groups is 1. The van der Waals surface area contributed by atoms with Gasteiger partial charge in [-0.25, -0.2) is 4.79 Å². The number of carbonyl (C=O) groups excluding carboxylic acids is 2. The van der Waals surface area contributed by atoms with Crippen LogP contribution in [0.4, 0.5) is 0 Å². The van der Waals surface area contributed by atoms with Crippen LogP contribution in [0.25, 0.3) is 0 Å². The second kappa shape index (κ2) is 6.63. The van der Waals surface area contributed by atoms with Crippen LogP contribution < -0.4 is 0 Å². The molecule has 2 saturated carbocycles. The summed E-state index contributed by atoms with van der Waals surface area (Å²) in [6.45, 7) is 1.71. The fourth-order valence-corrected chi connectivity index (χ4v) is 4.31. The van der Waals surface area contributed by atoms with Crippen LogP contribution in [0.2, 0.25) is 0 Å². The molecule has 5 nitrogen and oxygen atoms in total. The summed E-state index contributed by atoms with van der Waals surface area (Å²) in [7, 11) is 0. The number of fused-ring (bicyclic) bond motifs is 2. The maximum Gasteiger partial charge on any atom is 0.344 e. The molecule has 1 N–H and O–H groups in total. The normalized spacial score (nSPS) is 34.3. The van der Waals surface area contributed by atoms with Crippen molar-refractivity contribution in [1.29, 1.82) is 0 Å². The Balaban J connectivity index is 1.47. The molecule has 4 unspecified atom stereocenters. The highest BCUT2D eigenvalue weighted by Gasteiger charge is 2.47. The maximum atomic E-state index is 12.2. The number of hydrogen-bond donors (Lipinski definition) is 1. The Hall–Kier alpha value is -1.36. The molecule has 0 amide bonds. The molecule has 0 aromatic rings. The topological polar surface area (TPSA) is 72.8 Å². The number of esters is 2. The molecule has 0 aromatic carbocycles. The lowest BCUT2D eigenvalue weighted by molar-refractivity contribution is -0.175. The summed E-state index contributed by atoms with van der Waals surface area (Å²) < 4.78 is 10.8. The fourth-order valence-electron chi connectivity index (χ4n) is 4.31. The highest BCUT2D eigenvalue weighted by atomic mass is 16.6. The largest absolute Gasteiger partial charge is 0.457 e. The molecule has 0 aliphatic heterocycles. The zero-order chi connectivity index (χ0) is 16.4. The summed E-state index contributed by atoms with van der Waals surface area (Å²) in [5.41, 5.74) is -0.368. The maximum absolute atomic E-state index is 12.2. The van der Waals surface area contributed by atoms with Gasteiger partial charge in [-0.3, -0.25) is 4.79 Å². The van der Waals surface area contributed by atoms with Gasteiger partial charge in [-0.15, -0.1) is 0 Å². The molecular weight excluding hydrogens is 296 g/mol. The summed E-state index contributed by atoms with van der Waals surface area (Å²) in [5.74, 6) is -1.30. The highest BCUT2D eigenvalue weighted by Crippen LogP contribution is 2.44. The van der Waals surface area contributed by atoms with Gasteiger partial charge < -0.3 is 14.6 Å². The Morgan fingerprint density at radius 1 is 1.22 bits per heavy atom. The first-order chi connectivity index (χ1) is 11.0. The average Bonchev–Trinajstić information content (AvgIpc) is 3.08. The van der Waals surface area contributed by atoms with E-state index in [1.165, 1.54) is 6.42 Å². The molecule has 0 aromatic heterocycles. The Kier molecular flexibility index (Phi) is 4.76. The van der Waals surface area contributed by atoms with Crippen LogP contribution in [0.15, 0.2) is 12.2 Å². The van der Waals surface area contributed by atoms with Crippen LogP contribution in [0.1, 0.15) is 51.9 Å². The van der Waals surface area contributed by atoms with Gasteiger partial charge in [-0.05, 0) is 38.5 Å². The molecule has 0 heterocycles. The third-order valence-corrected chi connectivity index (χ3v) is 5.78. The third kappa shape index (κ3) is 3.30. The van der Waals surface area contributed by atoms with Gasteiger partial charge in [0.25, 0.3) is 0 Å². The lowest BCUT2D eigenvalue weighted by atomic mass is 9.83. The van der Waals surface area contributed by atoms with Crippen molar-refractivity contribution in [2.75, 3.05) is 6.61 Å². The standard InChI is InChI=1S/C18H26O5/c1-2-18(8-4-3-5-9-18)23-15(19)11-22-17(21)14-10-12-6-7-13(14)16(12)20/h6-7,12-14,16,20H,2-5,8-11H2,1H3. The summed E-state index contributed by atoms with van der Waals surface area (Å²) in [6, 6.07) is 0. The predicted molar refractivity (Wildman–Crippen MR) is 83.4 cm³/mol. The van der Waals surface area contributed by atoms with Gasteiger partial charge in [0.05, 0.1) is 12.0 Å². The van der Waals surface area contributed by atoms with E-state index in [0.29, 0.717) is 6.42 Å². The molecule has 128 valence electrons. The third-order valence-electron chi connectivity index (χ3n) is 5.78. The molecule has 2 fully saturated rings. The zero-order valence-corrected chi connectivity index (χ0v) is 13.7. The molecule has 2 bridgehead atoms. The van der Waals surface area contributed by atoms with E-state index in [1.54, 1.807) is 0 Å². The lowest BCUT2D eigenvalue weighted by Crippen LogP contribution is -2.38. The average molecular weight is 322 g/mol. The van der Waals surface area contributed by atoms with Gasteiger partial charge in [-0.1, -0.05) is 25.5 Å². The zero-order valence-electron chi connectivity index (χ0n) is 13.7. The van der Waals surface area contributed by atoms with Gasteiger partial charge in [0.1, 0.15) is 5.60 Å². The van der Waals surface area contributed by atoms with E-state index in [9.17, 15) is 14.7 Å². The Labute approximate surface area is 137 Å². The van der Waals surface area contributed by atoms with Crippen LogP contribution >= 0.6 is 0 Å². The Bertz CT molecular complexity index is 492. The van der Waals surface area contributed by atoms with Crippen molar-refractivity contribution in [3.8, 4) is 0 Å². The number of hydrogen-bond acceptors (Lipinski definition) is 5. The van der Waals surface area contributed by atoms with E-state index in [1.807, 2.05) is 19.1 Å². The SMILES string of the molecule is CCC1(OC(=O)COC(=O)C2CC3C=CC2C3O)CCCCC1. The van der Waals surface area contributed by atoms with Crippen molar-refractivity contribution in [3.63, 3.8) is 0 Å². The molecule has 5 heteroatoms. The number of carbonyl (C=O) groups is 2. The van der Waals surface area contributed by atoms with Crippen molar-refractivity contribution in [2.24, 2.45) is 17.8 Å². The smallest absolute Gasteiger partial charge is 0.344 e. The number of rotatable bonds is 5. The van der Waals surface area contributed by atoms with Crippen molar-refractivity contribution in [1.82, 2.24) is 0 Å². The van der Waals surface area contributed by atoms with Crippen LogP contribution in [0.3, 0.4) is 0 Å². The fraction of sp³-hybridized carbons (Fsp3) is 0.778. The van der Waals surface area contributed by atoms with E-state index in [-0.39, 0.29) is 30.0 Å². The molecule has 3 aliphatic carbocycles. The summed E-state index contributed by atoms with van der Waals surface area (Å²) >= 11 is 0. The highest BCUT2D eigenvalue weighted by molar-refractivity contribution is 5.79. The number of aliphatic hydroxyl groups excluding tert-OH is 1. The van der Waals surface area contributed by atoms with Gasteiger partial charge in [0.2, 0.25) is 0 Å². The minimum Gasteiger partial charge on any atom is -0.457 e. The van der Waals surface area contributed by atoms with E-state index in [2.05, 4.69) is 0 Å². The Morgan fingerprint density at radius 2 is 1.96 bits per heavy atom. The van der Waals surface area contributed by atoms with E-state index >= 15 is 0 Å². The first-order valence-corrected chi connectivity index (χ1v) is 8.79. The molecule has 23 heavy (non-hydrogen) atoms. The number of ether oxygens (including phenoxy) is 2. The van der Waals surface area contributed by atoms with Crippen molar-refractivity contribution in [3.05, 3.63) is 12.2 Å². The van der Waals surface area contributed by atoms with Gasteiger partial charge in [0, 0.05) is 11.8 Å². The molecular formula is C18H26O5. The van der Waals surface area contributed by atoms with Crippen LogP contribution in [-0.2, 0) is 19.1 Å². The minimum atomic E-state index is -0.481. The second-order valence-corrected chi connectivity index (χ2v) is 7.14. The summed E-state index contributed by atoms with van der Waals surface area (Å²) in [6.07, 6.45) is 9.91. The molecule has 3 aliphatic rings. The van der Waals surface area contributed by atoms with Gasteiger partial charge in [-0.2, -0.15) is 0 Å². The molecule has 0 spiro atoms. The van der Waals surface area contributed by atoms with E-state index in [0.717, 1.165) is 32.1 Å². The van der Waals surface area contributed by atoms with Crippen molar-refractivity contribution < 1.29 is 24.2 Å². The van der Waals surface area contributed by atoms with Crippen LogP contribution in [0.5, 0.6) is 0 Å². The minimum absolute atomic E-state index is 0.0510. The molecule has 0 saturated heterocycles. The molecule has 3 rings (SSSR count). The molecule has 0 radical (unpaired) electrons. The Morgan fingerprint density at radius 3 is 2.52 bits per heavy atom. The summed E-state index contributed by atoms with van der Waals surface area (Å²) in [4.78, 5) is 24.2. The second-order valence-electron chi connectivity index (χ2n) is 7.14. The molecule has 4 atom stereocenters. The quantitative estimate of drug-likeness (QED) is 0.621. The van der Waals surface area contributed by atoms with Crippen LogP contribution in [-0.4, -0.2) is 35.4 Å². The van der Waals surface area contributed by atoms with Crippen LogP contribution in [0, 0.1) is 17.8 Å². The van der Waals surface area contributed by atoms with Gasteiger partial charge >= 0.3 is 11.9 Å². The predicted octanol–water partition coefficient (Wildman–Crippen LogP) is 2.37. The van der Waals surface area contributed by atoms with Crippen molar-refractivity contribution in [2.45, 2.75) is 63.6 Å². The van der Waals surface area contributed by atoms with Crippen molar-refractivity contribution >= 4 is 11.9 Å². The first kappa shape index (κ1) is 16.5.